The van der Waals surface area contributed by atoms with E-state index in [1.807, 2.05) is 24.3 Å². The molecule has 0 aliphatic carbocycles. The summed E-state index contributed by atoms with van der Waals surface area (Å²) >= 11 is 3.43. The van der Waals surface area contributed by atoms with E-state index in [1.54, 1.807) is 30.3 Å². The molecular weight excluding hydrogens is 490 g/mol. The molecule has 4 rings (SSSR count). The van der Waals surface area contributed by atoms with Gasteiger partial charge in [0.05, 0.1) is 33.4 Å². The van der Waals surface area contributed by atoms with Crippen LogP contribution >= 0.6 is 15.9 Å². The number of ketones is 1. The van der Waals surface area contributed by atoms with Crippen molar-refractivity contribution in [1.29, 1.82) is 0 Å². The number of benzene rings is 3. The van der Waals surface area contributed by atoms with E-state index in [4.69, 9.17) is 18.9 Å². The van der Waals surface area contributed by atoms with Crippen molar-refractivity contribution in [3.05, 3.63) is 75.8 Å². The minimum absolute atomic E-state index is 0.0914. The fourth-order valence-corrected chi connectivity index (χ4v) is 4.16. The van der Waals surface area contributed by atoms with Gasteiger partial charge in [0, 0.05) is 16.1 Å². The normalized spacial score (nSPS) is 14.7. The van der Waals surface area contributed by atoms with E-state index in [0.29, 0.717) is 39.6 Å². The third-order valence-electron chi connectivity index (χ3n) is 5.36. The van der Waals surface area contributed by atoms with Crippen LogP contribution < -0.4 is 24.3 Å². The lowest BCUT2D eigenvalue weighted by Gasteiger charge is -2.28. The molecule has 3 aromatic rings. The van der Waals surface area contributed by atoms with Crippen LogP contribution in [0.3, 0.4) is 0 Å². The van der Waals surface area contributed by atoms with Crippen LogP contribution in [0.1, 0.15) is 38.8 Å². The minimum atomic E-state index is -0.566. The first-order chi connectivity index (χ1) is 16.0. The third kappa shape index (κ3) is 4.39. The fraction of sp³-hybridized carbons (Fsp3) is 0.200. The molecular formula is C25H22BrNO6. The second-order valence-electron chi connectivity index (χ2n) is 7.31. The SMILES string of the molecule is COc1cc2c(c(OC)c1OC)C(=O)CC(c1cccc(C(=O)Nc3ccccc3Br)c1)O2. The Balaban J connectivity index is 1.64. The van der Waals surface area contributed by atoms with Gasteiger partial charge in [-0.05, 0) is 45.8 Å². The molecule has 1 atom stereocenters. The molecule has 0 saturated heterocycles. The highest BCUT2D eigenvalue weighted by Gasteiger charge is 2.34. The number of carbonyl (C=O) groups excluding carboxylic acids is 2. The van der Waals surface area contributed by atoms with Gasteiger partial charge in [0.1, 0.15) is 17.4 Å². The molecule has 7 nitrogen and oxygen atoms in total. The van der Waals surface area contributed by atoms with Crippen LogP contribution in [0.25, 0.3) is 0 Å². The van der Waals surface area contributed by atoms with Gasteiger partial charge in [0.15, 0.2) is 17.3 Å². The molecule has 0 spiro atoms. The molecule has 1 aliphatic heterocycles. The average Bonchev–Trinajstić information content (AvgIpc) is 2.84. The molecule has 1 N–H and O–H groups in total. The second kappa shape index (κ2) is 9.54. The van der Waals surface area contributed by atoms with Crippen molar-refractivity contribution in [2.75, 3.05) is 26.6 Å². The number of hydrogen-bond acceptors (Lipinski definition) is 6. The van der Waals surface area contributed by atoms with E-state index in [2.05, 4.69) is 21.2 Å². The highest BCUT2D eigenvalue weighted by molar-refractivity contribution is 9.10. The number of halogens is 1. The number of anilines is 1. The second-order valence-corrected chi connectivity index (χ2v) is 8.17. The maximum Gasteiger partial charge on any atom is 0.255 e. The predicted molar refractivity (Wildman–Crippen MR) is 127 cm³/mol. The quantitative estimate of drug-likeness (QED) is 0.474. The Labute approximate surface area is 199 Å². The van der Waals surface area contributed by atoms with Gasteiger partial charge >= 0.3 is 0 Å². The molecule has 1 heterocycles. The van der Waals surface area contributed by atoms with Gasteiger partial charge in [-0.15, -0.1) is 0 Å². The molecule has 0 saturated carbocycles. The Kier molecular flexibility index (Phi) is 6.55. The van der Waals surface area contributed by atoms with Gasteiger partial charge in [-0.2, -0.15) is 0 Å². The molecule has 0 radical (unpaired) electrons. The monoisotopic (exact) mass is 511 g/mol. The van der Waals surface area contributed by atoms with Gasteiger partial charge in [0.25, 0.3) is 5.91 Å². The lowest BCUT2D eigenvalue weighted by Crippen LogP contribution is -2.22. The van der Waals surface area contributed by atoms with Crippen molar-refractivity contribution in [3.8, 4) is 23.0 Å². The Morgan fingerprint density at radius 3 is 2.45 bits per heavy atom. The van der Waals surface area contributed by atoms with Crippen LogP contribution in [0.2, 0.25) is 0 Å². The van der Waals surface area contributed by atoms with Crippen molar-refractivity contribution in [2.24, 2.45) is 0 Å². The summed E-state index contributed by atoms with van der Waals surface area (Å²) in [4.78, 5) is 25.9. The van der Waals surface area contributed by atoms with E-state index >= 15 is 0 Å². The minimum Gasteiger partial charge on any atom is -0.493 e. The summed E-state index contributed by atoms with van der Waals surface area (Å²) in [5.74, 6) is 0.926. The number of hydrogen-bond donors (Lipinski definition) is 1. The molecule has 170 valence electrons. The molecule has 1 amide bonds. The Morgan fingerprint density at radius 2 is 1.76 bits per heavy atom. The summed E-state index contributed by atoms with van der Waals surface area (Å²) < 4.78 is 23.2. The molecule has 1 aliphatic rings. The lowest BCUT2D eigenvalue weighted by molar-refractivity contribution is 0.0842. The molecule has 0 fully saturated rings. The number of methoxy groups -OCH3 is 3. The van der Waals surface area contributed by atoms with Crippen molar-refractivity contribution >= 4 is 33.3 Å². The maximum absolute atomic E-state index is 13.1. The van der Waals surface area contributed by atoms with Crippen LogP contribution in [-0.2, 0) is 0 Å². The zero-order chi connectivity index (χ0) is 23.5. The standard InChI is InChI=1S/C25H22BrNO6/c1-30-21-13-20-22(24(32-3)23(21)31-2)18(28)12-19(33-20)14-7-6-8-15(11-14)25(29)27-17-10-5-4-9-16(17)26/h4-11,13,19H,12H2,1-3H3,(H,27,29). The number of para-hydroxylation sites is 1. The lowest BCUT2D eigenvalue weighted by atomic mass is 9.94. The van der Waals surface area contributed by atoms with E-state index < -0.39 is 6.10 Å². The molecule has 1 unspecified atom stereocenters. The summed E-state index contributed by atoms with van der Waals surface area (Å²) in [5, 5.41) is 2.88. The molecule has 0 bridgehead atoms. The summed E-state index contributed by atoms with van der Waals surface area (Å²) in [5.41, 5.74) is 2.14. The van der Waals surface area contributed by atoms with E-state index in [0.717, 1.165) is 4.47 Å². The third-order valence-corrected chi connectivity index (χ3v) is 6.05. The Bertz CT molecular complexity index is 1230. The number of rotatable bonds is 6. The highest BCUT2D eigenvalue weighted by atomic mass is 79.9. The van der Waals surface area contributed by atoms with Crippen LogP contribution in [0.5, 0.6) is 23.0 Å². The number of nitrogens with one attached hydrogen (secondary N) is 1. The van der Waals surface area contributed by atoms with Crippen LogP contribution in [0.15, 0.2) is 59.1 Å². The zero-order valence-corrected chi connectivity index (χ0v) is 19.9. The topological polar surface area (TPSA) is 83.1 Å². The summed E-state index contributed by atoms with van der Waals surface area (Å²) in [6.07, 6.45) is -0.474. The molecule has 3 aromatic carbocycles. The summed E-state index contributed by atoms with van der Waals surface area (Å²) in [6.45, 7) is 0. The van der Waals surface area contributed by atoms with Crippen LogP contribution in [0.4, 0.5) is 5.69 Å². The zero-order valence-electron chi connectivity index (χ0n) is 18.3. The highest BCUT2D eigenvalue weighted by Crippen LogP contribution is 2.49. The first-order valence-electron chi connectivity index (χ1n) is 10.2. The number of amides is 1. The molecule has 0 aromatic heterocycles. The van der Waals surface area contributed by atoms with Crippen molar-refractivity contribution < 1.29 is 28.5 Å². The van der Waals surface area contributed by atoms with Gasteiger partial charge < -0.3 is 24.3 Å². The van der Waals surface area contributed by atoms with Crippen LogP contribution in [-0.4, -0.2) is 33.0 Å². The summed E-state index contributed by atoms with van der Waals surface area (Å²) in [7, 11) is 4.44. The van der Waals surface area contributed by atoms with E-state index in [-0.39, 0.29) is 23.9 Å². The van der Waals surface area contributed by atoms with Crippen molar-refractivity contribution in [1.82, 2.24) is 0 Å². The van der Waals surface area contributed by atoms with E-state index in [1.165, 1.54) is 21.3 Å². The average molecular weight is 512 g/mol. The van der Waals surface area contributed by atoms with Crippen LogP contribution in [0, 0.1) is 0 Å². The fourth-order valence-electron chi connectivity index (χ4n) is 3.78. The largest absolute Gasteiger partial charge is 0.493 e. The van der Waals surface area contributed by atoms with Gasteiger partial charge in [-0.1, -0.05) is 24.3 Å². The van der Waals surface area contributed by atoms with E-state index in [9.17, 15) is 9.59 Å². The van der Waals surface area contributed by atoms with Gasteiger partial charge in [-0.25, -0.2) is 0 Å². The van der Waals surface area contributed by atoms with Crippen molar-refractivity contribution in [2.45, 2.75) is 12.5 Å². The number of fused-ring (bicyclic) bond motifs is 1. The van der Waals surface area contributed by atoms with Gasteiger partial charge in [-0.3, -0.25) is 9.59 Å². The smallest absolute Gasteiger partial charge is 0.255 e. The Morgan fingerprint density at radius 1 is 1.00 bits per heavy atom. The first kappa shape index (κ1) is 22.7. The summed E-state index contributed by atoms with van der Waals surface area (Å²) in [6, 6.07) is 16.0. The molecule has 33 heavy (non-hydrogen) atoms. The predicted octanol–water partition coefficient (Wildman–Crippen LogP) is 5.43. The number of carbonyl (C=O) groups is 2. The first-order valence-corrected chi connectivity index (χ1v) is 10.9. The maximum atomic E-state index is 13.1. The number of Topliss-reactive ketones (excluding diaryl/α,β-unsaturated/α-hetero) is 1. The Hall–Kier alpha value is -3.52. The van der Waals surface area contributed by atoms with Gasteiger partial charge in [0.2, 0.25) is 5.75 Å². The molecule has 8 heteroatoms. The number of ether oxygens (including phenoxy) is 4. The van der Waals surface area contributed by atoms with Crippen molar-refractivity contribution in [3.63, 3.8) is 0 Å².